The lowest BCUT2D eigenvalue weighted by atomic mass is 9.94. The number of anilines is 1. The Morgan fingerprint density at radius 1 is 0.955 bits per heavy atom. The van der Waals surface area contributed by atoms with E-state index in [2.05, 4.69) is 4.98 Å². The van der Waals surface area contributed by atoms with Crippen LogP contribution in [0.1, 0.15) is 35.9 Å². The SMILES string of the molecule is Nc1c(C(CC(=O)O)C(=O)O)c[nH]c1C(CC(=O)O)C(=O)O. The van der Waals surface area contributed by atoms with Gasteiger partial charge in [0.15, 0.2) is 0 Å². The van der Waals surface area contributed by atoms with Crippen molar-refractivity contribution in [3.05, 3.63) is 17.5 Å². The number of carboxylic acids is 4. The molecule has 22 heavy (non-hydrogen) atoms. The van der Waals surface area contributed by atoms with E-state index in [0.717, 1.165) is 6.20 Å². The van der Waals surface area contributed by atoms with Crippen LogP contribution in [0.25, 0.3) is 0 Å². The first-order chi connectivity index (χ1) is 10.1. The molecule has 0 saturated heterocycles. The van der Waals surface area contributed by atoms with Gasteiger partial charge in [-0.15, -0.1) is 0 Å². The fourth-order valence-electron chi connectivity index (χ4n) is 2.04. The second-order valence-corrected chi connectivity index (χ2v) is 4.55. The Morgan fingerprint density at radius 3 is 1.82 bits per heavy atom. The second-order valence-electron chi connectivity index (χ2n) is 4.55. The average molecular weight is 314 g/mol. The molecule has 0 aliphatic carbocycles. The van der Waals surface area contributed by atoms with E-state index in [1.54, 1.807) is 0 Å². The van der Waals surface area contributed by atoms with E-state index < -0.39 is 48.6 Å². The zero-order chi connectivity index (χ0) is 17.0. The normalized spacial score (nSPS) is 13.3. The maximum Gasteiger partial charge on any atom is 0.313 e. The van der Waals surface area contributed by atoms with Gasteiger partial charge in [0.25, 0.3) is 0 Å². The van der Waals surface area contributed by atoms with Gasteiger partial charge in [-0.05, 0) is 0 Å². The predicted molar refractivity (Wildman–Crippen MR) is 70.5 cm³/mol. The summed E-state index contributed by atoms with van der Waals surface area (Å²) in [4.78, 5) is 46.1. The van der Waals surface area contributed by atoms with E-state index in [0.29, 0.717) is 0 Å². The lowest BCUT2D eigenvalue weighted by Gasteiger charge is -2.12. The summed E-state index contributed by atoms with van der Waals surface area (Å²) in [7, 11) is 0. The minimum atomic E-state index is -1.49. The number of aromatic nitrogens is 1. The van der Waals surface area contributed by atoms with E-state index in [-0.39, 0.29) is 16.9 Å². The summed E-state index contributed by atoms with van der Waals surface area (Å²) in [5, 5.41) is 35.6. The molecule has 0 aromatic carbocycles. The van der Waals surface area contributed by atoms with E-state index in [4.69, 9.17) is 26.2 Å². The minimum Gasteiger partial charge on any atom is -0.481 e. The Bertz CT molecular complexity index is 569. The number of nitrogens with one attached hydrogen (secondary N) is 1. The van der Waals surface area contributed by atoms with Gasteiger partial charge in [0.05, 0.1) is 30.1 Å². The maximum atomic E-state index is 11.1. The lowest BCUT2D eigenvalue weighted by molar-refractivity contribution is -0.145. The summed E-state index contributed by atoms with van der Waals surface area (Å²) in [5.41, 5.74) is 5.17. The van der Waals surface area contributed by atoms with Crippen LogP contribution in [0.4, 0.5) is 5.69 Å². The van der Waals surface area contributed by atoms with E-state index >= 15 is 0 Å². The largest absolute Gasteiger partial charge is 0.481 e. The number of hydrogen-bond acceptors (Lipinski definition) is 5. The standard InChI is InChI=1S/C12H14N2O8/c13-9-6(4(11(19)20)1-7(15)16)3-14-10(9)5(12(21)22)2-8(17)18/h3-5,14H,1-2,13H2,(H,15,16)(H,17,18)(H,19,20)(H,21,22). The molecule has 1 heterocycles. The van der Waals surface area contributed by atoms with Crippen molar-refractivity contribution >= 4 is 29.6 Å². The molecule has 0 fully saturated rings. The van der Waals surface area contributed by atoms with Crippen LogP contribution >= 0.6 is 0 Å². The fourth-order valence-corrected chi connectivity index (χ4v) is 2.04. The number of carboxylic acid groups (broad SMARTS) is 4. The second kappa shape index (κ2) is 6.61. The van der Waals surface area contributed by atoms with Gasteiger partial charge < -0.3 is 31.1 Å². The summed E-state index contributed by atoms with van der Waals surface area (Å²) in [6.45, 7) is 0. The molecule has 0 bridgehead atoms. The number of nitrogen functional groups attached to an aromatic ring is 1. The molecule has 1 aromatic rings. The van der Waals surface area contributed by atoms with Gasteiger partial charge in [-0.1, -0.05) is 0 Å². The van der Waals surface area contributed by atoms with Crippen LogP contribution in [0.15, 0.2) is 6.20 Å². The molecular formula is C12H14N2O8. The molecule has 0 saturated carbocycles. The molecule has 0 aliphatic heterocycles. The third-order valence-electron chi connectivity index (χ3n) is 3.06. The summed E-state index contributed by atoms with van der Waals surface area (Å²) in [6.07, 6.45) is -0.409. The number of aliphatic carboxylic acids is 4. The van der Waals surface area contributed by atoms with Crippen molar-refractivity contribution < 1.29 is 39.6 Å². The first kappa shape index (κ1) is 17.0. The number of H-pyrrole nitrogens is 1. The van der Waals surface area contributed by atoms with Gasteiger partial charge in [0, 0.05) is 11.8 Å². The Kier molecular flexibility index (Phi) is 5.11. The number of hydrogen-bond donors (Lipinski definition) is 6. The summed E-state index contributed by atoms with van der Waals surface area (Å²) >= 11 is 0. The van der Waals surface area contributed by atoms with Crippen LogP contribution in [-0.2, 0) is 19.2 Å². The predicted octanol–water partition coefficient (Wildman–Crippen LogP) is -0.117. The average Bonchev–Trinajstić information content (AvgIpc) is 2.73. The molecule has 1 rings (SSSR count). The third-order valence-corrected chi connectivity index (χ3v) is 3.06. The number of rotatable bonds is 8. The molecular weight excluding hydrogens is 300 g/mol. The highest BCUT2D eigenvalue weighted by Crippen LogP contribution is 2.33. The van der Waals surface area contributed by atoms with Gasteiger partial charge >= 0.3 is 23.9 Å². The molecule has 0 spiro atoms. The van der Waals surface area contributed by atoms with E-state index in [1.165, 1.54) is 0 Å². The van der Waals surface area contributed by atoms with Crippen LogP contribution in [0.2, 0.25) is 0 Å². The number of carbonyl (C=O) groups is 4. The molecule has 10 nitrogen and oxygen atoms in total. The molecule has 2 unspecified atom stereocenters. The molecule has 0 aliphatic rings. The van der Waals surface area contributed by atoms with Crippen LogP contribution < -0.4 is 5.73 Å². The van der Waals surface area contributed by atoms with Crippen LogP contribution in [0.3, 0.4) is 0 Å². The van der Waals surface area contributed by atoms with Gasteiger partial charge in [-0.25, -0.2) is 0 Å². The minimum absolute atomic E-state index is 0.0958. The van der Waals surface area contributed by atoms with Crippen LogP contribution in [0.5, 0.6) is 0 Å². The zero-order valence-corrected chi connectivity index (χ0v) is 11.1. The summed E-state index contributed by atoms with van der Waals surface area (Å²) in [5.74, 6) is -8.59. The first-order valence-electron chi connectivity index (χ1n) is 6.01. The highest BCUT2D eigenvalue weighted by Gasteiger charge is 2.32. The van der Waals surface area contributed by atoms with Gasteiger partial charge in [0.2, 0.25) is 0 Å². The summed E-state index contributed by atoms with van der Waals surface area (Å²) in [6, 6.07) is 0. The monoisotopic (exact) mass is 314 g/mol. The van der Waals surface area contributed by atoms with Crippen LogP contribution in [-0.4, -0.2) is 49.3 Å². The first-order valence-corrected chi connectivity index (χ1v) is 6.01. The Morgan fingerprint density at radius 2 is 1.41 bits per heavy atom. The molecule has 0 amide bonds. The van der Waals surface area contributed by atoms with Crippen molar-refractivity contribution in [1.82, 2.24) is 4.98 Å². The topological polar surface area (TPSA) is 191 Å². The Hall–Kier alpha value is -3.04. The molecule has 10 heteroatoms. The fraction of sp³-hybridized carbons (Fsp3) is 0.333. The quantitative estimate of drug-likeness (QED) is 0.379. The van der Waals surface area contributed by atoms with Gasteiger partial charge in [-0.2, -0.15) is 0 Å². The van der Waals surface area contributed by atoms with Gasteiger partial charge in [0.1, 0.15) is 5.92 Å². The van der Waals surface area contributed by atoms with Crippen molar-refractivity contribution in [3.63, 3.8) is 0 Å². The van der Waals surface area contributed by atoms with E-state index in [9.17, 15) is 19.2 Å². The van der Waals surface area contributed by atoms with Gasteiger partial charge in [-0.3, -0.25) is 19.2 Å². The van der Waals surface area contributed by atoms with Crippen molar-refractivity contribution in [2.24, 2.45) is 0 Å². The molecule has 120 valence electrons. The highest BCUT2D eigenvalue weighted by molar-refractivity contribution is 5.87. The molecule has 7 N–H and O–H groups in total. The van der Waals surface area contributed by atoms with Crippen LogP contribution in [0, 0.1) is 0 Å². The smallest absolute Gasteiger partial charge is 0.313 e. The van der Waals surface area contributed by atoms with E-state index in [1.807, 2.05) is 0 Å². The zero-order valence-electron chi connectivity index (χ0n) is 11.1. The maximum absolute atomic E-state index is 11.1. The van der Waals surface area contributed by atoms with Crippen molar-refractivity contribution in [2.45, 2.75) is 24.7 Å². The highest BCUT2D eigenvalue weighted by atomic mass is 16.4. The third kappa shape index (κ3) is 3.75. The summed E-state index contributed by atoms with van der Waals surface area (Å²) < 4.78 is 0. The van der Waals surface area contributed by atoms with Crippen molar-refractivity contribution in [1.29, 1.82) is 0 Å². The molecule has 2 atom stereocenters. The number of aromatic amines is 1. The van der Waals surface area contributed by atoms with Crippen molar-refractivity contribution in [2.75, 3.05) is 5.73 Å². The molecule has 0 radical (unpaired) electrons. The molecule has 1 aromatic heterocycles. The lowest BCUT2D eigenvalue weighted by Crippen LogP contribution is -2.19. The Balaban J connectivity index is 3.24. The Labute approximate surface area is 123 Å². The van der Waals surface area contributed by atoms with Crippen molar-refractivity contribution in [3.8, 4) is 0 Å². The number of nitrogens with two attached hydrogens (primary N) is 1.